The Bertz CT molecular complexity index is 976. The predicted octanol–water partition coefficient (Wildman–Crippen LogP) is 2.94. The van der Waals surface area contributed by atoms with Crippen molar-refractivity contribution in [2.75, 3.05) is 10.6 Å². The molecule has 1 unspecified atom stereocenters. The van der Waals surface area contributed by atoms with Crippen molar-refractivity contribution < 1.29 is 18.1 Å². The summed E-state index contributed by atoms with van der Waals surface area (Å²) in [6.07, 6.45) is 0.968. The van der Waals surface area contributed by atoms with Crippen LogP contribution in [0.15, 0.2) is 48.5 Å². The van der Waals surface area contributed by atoms with Gasteiger partial charge in [-0.05, 0) is 31.9 Å². The molecule has 0 fully saturated rings. The van der Waals surface area contributed by atoms with Crippen LogP contribution in [0, 0.1) is 17.0 Å². The van der Waals surface area contributed by atoms with Crippen LogP contribution in [0.3, 0.4) is 0 Å². The summed E-state index contributed by atoms with van der Waals surface area (Å²) in [5, 5.41) is 13.9. The second-order valence-electron chi connectivity index (χ2n) is 6.60. The fourth-order valence-electron chi connectivity index (χ4n) is 2.89. The van der Waals surface area contributed by atoms with Gasteiger partial charge in [-0.2, -0.15) is 0 Å². The standard InChI is InChI=1S/C19H23N3O5S/c1-13-10-11-17(22(24)25)12-18(13)21(28(4,26)27)15(3)19(23)20-14(2)16-8-6-5-7-9-16/h5-12,14-15H,1-4H3,(H,20,23)/t14-,15?/m0/s1. The maximum Gasteiger partial charge on any atom is 0.271 e. The van der Waals surface area contributed by atoms with E-state index in [0.717, 1.165) is 16.1 Å². The molecule has 2 atom stereocenters. The number of benzene rings is 2. The van der Waals surface area contributed by atoms with Gasteiger partial charge in [-0.25, -0.2) is 8.42 Å². The van der Waals surface area contributed by atoms with E-state index in [0.29, 0.717) is 5.56 Å². The van der Waals surface area contributed by atoms with Gasteiger partial charge in [0, 0.05) is 12.1 Å². The van der Waals surface area contributed by atoms with Crippen LogP contribution in [-0.4, -0.2) is 31.5 Å². The molecule has 0 aromatic heterocycles. The van der Waals surface area contributed by atoms with Crippen molar-refractivity contribution in [3.05, 3.63) is 69.8 Å². The molecule has 0 aliphatic heterocycles. The lowest BCUT2D eigenvalue weighted by atomic mass is 10.1. The predicted molar refractivity (Wildman–Crippen MR) is 108 cm³/mol. The van der Waals surface area contributed by atoms with Gasteiger partial charge >= 0.3 is 0 Å². The summed E-state index contributed by atoms with van der Waals surface area (Å²) in [4.78, 5) is 23.3. The Hall–Kier alpha value is -2.94. The zero-order chi connectivity index (χ0) is 21.1. The average Bonchev–Trinajstić information content (AvgIpc) is 2.62. The minimum absolute atomic E-state index is 0.103. The Kier molecular flexibility index (Phi) is 6.40. The number of nitrogens with zero attached hydrogens (tertiary/aromatic N) is 2. The van der Waals surface area contributed by atoms with Crippen molar-refractivity contribution in [1.29, 1.82) is 0 Å². The van der Waals surface area contributed by atoms with E-state index in [1.165, 1.54) is 25.1 Å². The molecule has 2 aromatic rings. The normalized spacial score (nSPS) is 13.4. The minimum Gasteiger partial charge on any atom is -0.348 e. The molecule has 0 aliphatic rings. The maximum absolute atomic E-state index is 12.8. The number of hydrogen-bond acceptors (Lipinski definition) is 5. The van der Waals surface area contributed by atoms with Crippen LogP contribution in [0.1, 0.15) is 31.0 Å². The van der Waals surface area contributed by atoms with E-state index in [2.05, 4.69) is 5.32 Å². The molecule has 2 aromatic carbocycles. The van der Waals surface area contributed by atoms with Crippen LogP contribution in [0.5, 0.6) is 0 Å². The Morgan fingerprint density at radius 3 is 2.29 bits per heavy atom. The third-order valence-corrected chi connectivity index (χ3v) is 5.62. The molecule has 0 radical (unpaired) electrons. The first-order chi connectivity index (χ1) is 13.0. The molecule has 0 aliphatic carbocycles. The van der Waals surface area contributed by atoms with Crippen LogP contribution in [0.4, 0.5) is 11.4 Å². The van der Waals surface area contributed by atoms with Crippen molar-refractivity contribution in [2.24, 2.45) is 0 Å². The van der Waals surface area contributed by atoms with Gasteiger partial charge in [-0.3, -0.25) is 19.2 Å². The number of amides is 1. The van der Waals surface area contributed by atoms with Crippen LogP contribution >= 0.6 is 0 Å². The summed E-state index contributed by atoms with van der Waals surface area (Å²) in [5.74, 6) is -0.507. The van der Waals surface area contributed by atoms with E-state index in [4.69, 9.17) is 0 Å². The molecule has 0 spiro atoms. The number of nitrogens with one attached hydrogen (secondary N) is 1. The maximum atomic E-state index is 12.8. The highest BCUT2D eigenvalue weighted by Gasteiger charge is 2.31. The van der Waals surface area contributed by atoms with Gasteiger partial charge in [0.25, 0.3) is 5.69 Å². The molecular formula is C19H23N3O5S. The van der Waals surface area contributed by atoms with Crippen molar-refractivity contribution in [3.63, 3.8) is 0 Å². The van der Waals surface area contributed by atoms with E-state index >= 15 is 0 Å². The van der Waals surface area contributed by atoms with Gasteiger partial charge in [0.1, 0.15) is 6.04 Å². The van der Waals surface area contributed by atoms with Gasteiger partial charge in [0.2, 0.25) is 15.9 Å². The molecule has 2 rings (SSSR count). The molecule has 1 amide bonds. The number of rotatable bonds is 7. The minimum atomic E-state index is -3.88. The zero-order valence-corrected chi connectivity index (χ0v) is 16.9. The fraction of sp³-hybridized carbons (Fsp3) is 0.316. The second-order valence-corrected chi connectivity index (χ2v) is 8.46. The van der Waals surface area contributed by atoms with Gasteiger partial charge in [0.15, 0.2) is 0 Å². The summed E-state index contributed by atoms with van der Waals surface area (Å²) >= 11 is 0. The fourth-order valence-corrected chi connectivity index (χ4v) is 4.11. The van der Waals surface area contributed by atoms with Crippen LogP contribution in [0.25, 0.3) is 0 Å². The molecular weight excluding hydrogens is 382 g/mol. The Morgan fingerprint density at radius 1 is 1.14 bits per heavy atom. The highest BCUT2D eigenvalue weighted by atomic mass is 32.2. The van der Waals surface area contributed by atoms with Crippen molar-refractivity contribution in [1.82, 2.24) is 5.32 Å². The summed E-state index contributed by atoms with van der Waals surface area (Å²) in [5.41, 5.74) is 1.23. The van der Waals surface area contributed by atoms with E-state index < -0.39 is 26.9 Å². The zero-order valence-electron chi connectivity index (χ0n) is 16.1. The number of nitro benzene ring substituents is 1. The SMILES string of the molecule is Cc1ccc([N+](=O)[O-])cc1N(C(C)C(=O)N[C@@H](C)c1ccccc1)S(C)(=O)=O. The van der Waals surface area contributed by atoms with E-state index in [1.807, 2.05) is 30.3 Å². The first-order valence-corrected chi connectivity index (χ1v) is 10.5. The molecule has 0 bridgehead atoms. The number of carbonyl (C=O) groups excluding carboxylic acids is 1. The monoisotopic (exact) mass is 405 g/mol. The summed E-state index contributed by atoms with van der Waals surface area (Å²) in [7, 11) is -3.88. The largest absolute Gasteiger partial charge is 0.348 e. The number of carbonyl (C=O) groups is 1. The first-order valence-electron chi connectivity index (χ1n) is 8.62. The summed E-state index contributed by atoms with van der Waals surface area (Å²) in [6, 6.07) is 11.8. The van der Waals surface area contributed by atoms with Crippen molar-refractivity contribution in [3.8, 4) is 0 Å². The number of nitro groups is 1. The van der Waals surface area contributed by atoms with E-state index in [9.17, 15) is 23.3 Å². The lowest BCUT2D eigenvalue weighted by Gasteiger charge is -2.30. The number of anilines is 1. The number of sulfonamides is 1. The highest BCUT2D eigenvalue weighted by molar-refractivity contribution is 7.92. The summed E-state index contributed by atoms with van der Waals surface area (Å²) < 4.78 is 25.8. The Balaban J connectivity index is 2.37. The average molecular weight is 405 g/mol. The van der Waals surface area contributed by atoms with Crippen LogP contribution < -0.4 is 9.62 Å². The number of aryl methyl sites for hydroxylation is 1. The lowest BCUT2D eigenvalue weighted by molar-refractivity contribution is -0.384. The highest BCUT2D eigenvalue weighted by Crippen LogP contribution is 2.29. The van der Waals surface area contributed by atoms with Gasteiger partial charge in [0.05, 0.1) is 22.9 Å². The van der Waals surface area contributed by atoms with Crippen LogP contribution in [-0.2, 0) is 14.8 Å². The lowest BCUT2D eigenvalue weighted by Crippen LogP contribution is -2.48. The number of hydrogen-bond donors (Lipinski definition) is 1. The second kappa shape index (κ2) is 8.39. The van der Waals surface area contributed by atoms with E-state index in [1.54, 1.807) is 13.8 Å². The first kappa shape index (κ1) is 21.4. The smallest absolute Gasteiger partial charge is 0.271 e. The van der Waals surface area contributed by atoms with Gasteiger partial charge < -0.3 is 5.32 Å². The topological polar surface area (TPSA) is 110 Å². The number of non-ortho nitro benzene ring substituents is 1. The molecule has 150 valence electrons. The van der Waals surface area contributed by atoms with Gasteiger partial charge in [-0.15, -0.1) is 0 Å². The molecule has 0 saturated carbocycles. The molecule has 1 N–H and O–H groups in total. The third kappa shape index (κ3) is 4.86. The van der Waals surface area contributed by atoms with Crippen molar-refractivity contribution in [2.45, 2.75) is 32.9 Å². The molecule has 9 heteroatoms. The quantitative estimate of drug-likeness (QED) is 0.563. The molecule has 0 saturated heterocycles. The van der Waals surface area contributed by atoms with E-state index in [-0.39, 0.29) is 17.4 Å². The molecule has 28 heavy (non-hydrogen) atoms. The van der Waals surface area contributed by atoms with Crippen molar-refractivity contribution >= 4 is 27.3 Å². The molecule has 8 nitrogen and oxygen atoms in total. The molecule has 0 heterocycles. The van der Waals surface area contributed by atoms with Gasteiger partial charge in [-0.1, -0.05) is 36.4 Å². The Labute approximate surface area is 164 Å². The summed E-state index contributed by atoms with van der Waals surface area (Å²) in [6.45, 7) is 4.88. The third-order valence-electron chi connectivity index (χ3n) is 4.39. The Morgan fingerprint density at radius 2 is 1.75 bits per heavy atom. The van der Waals surface area contributed by atoms with Crippen LogP contribution in [0.2, 0.25) is 0 Å².